The predicted molar refractivity (Wildman–Crippen MR) is 52.8 cm³/mol. The number of aryl methyl sites for hydroxylation is 1. The van der Waals surface area contributed by atoms with E-state index in [2.05, 4.69) is 4.98 Å². The molecule has 0 spiro atoms. The van der Waals surface area contributed by atoms with E-state index in [4.69, 9.17) is 24.9 Å². The normalized spacial score (nSPS) is 19.9. The molecule has 0 atom stereocenters. The van der Waals surface area contributed by atoms with Crippen molar-refractivity contribution < 1.29 is 19.6 Å². The van der Waals surface area contributed by atoms with Crippen molar-refractivity contribution >= 4 is 12.6 Å². The molecule has 4 nitrogen and oxygen atoms in total. The molecule has 1 heterocycles. The van der Waals surface area contributed by atoms with Crippen LogP contribution in [-0.4, -0.2) is 22.2 Å². The van der Waals surface area contributed by atoms with Crippen LogP contribution in [0.3, 0.4) is 0 Å². The summed E-state index contributed by atoms with van der Waals surface area (Å²) in [5, 5.41) is 27.0. The van der Waals surface area contributed by atoms with Gasteiger partial charge < -0.3 is 10.0 Å². The van der Waals surface area contributed by atoms with Gasteiger partial charge in [-0.25, -0.2) is 4.98 Å². The van der Waals surface area contributed by atoms with Crippen LogP contribution in [0.2, 0.25) is 0 Å². The van der Waals surface area contributed by atoms with Crippen molar-refractivity contribution in [1.82, 2.24) is 4.98 Å². The molecule has 5 heteroatoms. The van der Waals surface area contributed by atoms with Gasteiger partial charge in [0.05, 0.1) is 0 Å². The van der Waals surface area contributed by atoms with Gasteiger partial charge in [0.2, 0.25) is 0 Å². The largest absolute Gasteiger partial charge is 0.488 e. The van der Waals surface area contributed by atoms with E-state index in [0.29, 0.717) is 0 Å². The molecule has 1 rings (SSSR count). The molecule has 14 heavy (non-hydrogen) atoms. The van der Waals surface area contributed by atoms with Crippen molar-refractivity contribution in [1.29, 1.82) is 5.26 Å². The van der Waals surface area contributed by atoms with E-state index in [1.54, 1.807) is 6.07 Å². The lowest BCUT2D eigenvalue weighted by atomic mass is 9.80. The quantitative estimate of drug-likeness (QED) is 0.645. The van der Waals surface area contributed by atoms with Gasteiger partial charge in [-0.05, 0) is 24.0 Å². The van der Waals surface area contributed by atoms with E-state index >= 15 is 0 Å². The number of hydrogen-bond donors (Lipinski definition) is 2. The van der Waals surface area contributed by atoms with Crippen LogP contribution < -0.4 is 5.46 Å². The third-order valence-corrected chi connectivity index (χ3v) is 1.45. The number of pyridine rings is 1. The topological polar surface area (TPSA) is 77.1 Å². The van der Waals surface area contributed by atoms with E-state index in [9.17, 15) is 0 Å². The van der Waals surface area contributed by atoms with E-state index in [1.165, 1.54) is 0 Å². The summed E-state index contributed by atoms with van der Waals surface area (Å²) in [5.74, 6) is 0. The molecule has 0 aliphatic carbocycles. The van der Waals surface area contributed by atoms with Crippen LogP contribution in [0.4, 0.5) is 0 Å². The van der Waals surface area contributed by atoms with Crippen LogP contribution in [0.1, 0.15) is 34.2 Å². The lowest BCUT2D eigenvalue weighted by Crippen LogP contribution is -2.30. The molecule has 0 bridgehead atoms. The molecular formula is C9H11BN2O2. The summed E-state index contributed by atoms with van der Waals surface area (Å²) in [4.78, 5) is 3.54. The van der Waals surface area contributed by atoms with Crippen LogP contribution in [-0.2, 0) is 6.37 Å². The molecule has 0 unspecified atom stereocenters. The van der Waals surface area contributed by atoms with E-state index in [1.807, 2.05) is 0 Å². The van der Waals surface area contributed by atoms with Gasteiger partial charge in [-0.1, -0.05) is 13.2 Å². The molecule has 0 aromatic carbocycles. The predicted octanol–water partition coefficient (Wildman–Crippen LogP) is -0.414. The molecule has 0 aliphatic heterocycles. The van der Waals surface area contributed by atoms with Gasteiger partial charge >= 0.3 is 7.12 Å². The second kappa shape index (κ2) is 4.75. The fourth-order valence-electron chi connectivity index (χ4n) is 0.886. The molecule has 72 valence electrons. The first-order valence-corrected chi connectivity index (χ1v) is 3.63. The van der Waals surface area contributed by atoms with Gasteiger partial charge in [0.15, 0.2) is 0 Å². The number of rotatable bonds is 3. The molecule has 2 N–H and O–H groups in total. The maximum atomic E-state index is 9.09. The Kier molecular flexibility index (Phi) is 1.50. The van der Waals surface area contributed by atoms with Crippen LogP contribution in [0, 0.1) is 11.3 Å². The van der Waals surface area contributed by atoms with Crippen molar-refractivity contribution in [2.24, 2.45) is 0 Å². The van der Waals surface area contributed by atoms with Crippen LogP contribution in [0.5, 0.6) is 0 Å². The summed E-state index contributed by atoms with van der Waals surface area (Å²) in [5.41, 5.74) is -1.38. The zero-order valence-corrected chi connectivity index (χ0v) is 7.02. The van der Waals surface area contributed by atoms with Crippen molar-refractivity contribution in [3.63, 3.8) is 0 Å². The van der Waals surface area contributed by atoms with Crippen LogP contribution in [0.15, 0.2) is 12.1 Å². The molecule has 0 radical (unpaired) electrons. The third kappa shape index (κ3) is 2.56. The lowest BCUT2D eigenvalue weighted by Gasteiger charge is -2.03. The van der Waals surface area contributed by atoms with Gasteiger partial charge in [-0.15, -0.1) is 0 Å². The minimum Gasteiger partial charge on any atom is -0.423 e. The standard InChI is InChI=1S/C9H11BN2O2/c1-2-3-8-4-7(10(13)14)5-9(6-11)12-8/h4-5,13-14H,2-3H2,1H3/i1D3,2D2,3D2. The molecule has 0 saturated heterocycles. The molecule has 0 aliphatic rings. The first-order chi connectivity index (χ1) is 9.34. The first kappa shape index (κ1) is 4.43. The molecule has 0 amide bonds. The zero-order chi connectivity index (χ0) is 16.6. The second-order valence-corrected chi connectivity index (χ2v) is 2.41. The molecule has 1 aromatic rings. The smallest absolute Gasteiger partial charge is 0.423 e. The van der Waals surface area contributed by atoms with Crippen molar-refractivity contribution in [2.45, 2.75) is 19.6 Å². The van der Waals surface area contributed by atoms with Crippen LogP contribution >= 0.6 is 0 Å². The van der Waals surface area contributed by atoms with Gasteiger partial charge in [-0.2, -0.15) is 5.26 Å². The van der Waals surface area contributed by atoms with Crippen molar-refractivity contribution in [3.8, 4) is 6.07 Å². The maximum Gasteiger partial charge on any atom is 0.488 e. The summed E-state index contributed by atoms with van der Waals surface area (Å²) in [7, 11) is -2.03. The Labute approximate surface area is 92.8 Å². The highest BCUT2D eigenvalue weighted by Gasteiger charge is 2.13. The highest BCUT2D eigenvalue weighted by atomic mass is 16.4. The second-order valence-electron chi connectivity index (χ2n) is 2.41. The maximum absolute atomic E-state index is 9.09. The molecule has 1 aromatic heterocycles. The van der Waals surface area contributed by atoms with E-state index in [-0.39, 0.29) is 11.2 Å². The highest BCUT2D eigenvalue weighted by molar-refractivity contribution is 6.58. The molecule has 0 fully saturated rings. The Balaban J connectivity index is 3.52. The average Bonchev–Trinajstić information content (AvgIpc) is 2.36. The van der Waals surface area contributed by atoms with Crippen molar-refractivity contribution in [3.05, 3.63) is 23.5 Å². The fourth-order valence-corrected chi connectivity index (χ4v) is 0.886. The summed E-state index contributed by atoms with van der Waals surface area (Å²) in [6.07, 6.45) is -6.37. The van der Waals surface area contributed by atoms with E-state index < -0.39 is 32.4 Å². The van der Waals surface area contributed by atoms with Crippen LogP contribution in [0.25, 0.3) is 0 Å². The number of hydrogen-bond acceptors (Lipinski definition) is 4. The Morgan fingerprint density at radius 1 is 1.71 bits per heavy atom. The average molecular weight is 197 g/mol. The summed E-state index contributed by atoms with van der Waals surface area (Å²) >= 11 is 0. The molecular weight excluding hydrogens is 179 g/mol. The minimum atomic E-state index is -3.29. The van der Waals surface area contributed by atoms with Crippen molar-refractivity contribution in [2.75, 3.05) is 0 Å². The minimum absolute atomic E-state index is 0.290. The number of nitrogens with zero attached hydrogens (tertiary/aromatic N) is 2. The Morgan fingerprint density at radius 3 is 3.07 bits per heavy atom. The highest BCUT2D eigenvalue weighted by Crippen LogP contribution is 2.00. The summed E-state index contributed by atoms with van der Waals surface area (Å²) < 4.78 is 51.8. The first-order valence-electron chi connectivity index (χ1n) is 7.13. The summed E-state index contributed by atoms with van der Waals surface area (Å²) in [6, 6.07) is 3.36. The number of nitriles is 1. The monoisotopic (exact) mass is 197 g/mol. The fraction of sp³-hybridized carbons (Fsp3) is 0.333. The Hall–Kier alpha value is -1.38. The van der Waals surface area contributed by atoms with Gasteiger partial charge in [-0.3, -0.25) is 0 Å². The van der Waals surface area contributed by atoms with Gasteiger partial charge in [0.25, 0.3) is 0 Å². The van der Waals surface area contributed by atoms with Gasteiger partial charge in [0.1, 0.15) is 11.8 Å². The Bertz CT molecular complexity index is 582. The Morgan fingerprint density at radius 2 is 2.50 bits per heavy atom. The molecule has 0 saturated carbocycles. The van der Waals surface area contributed by atoms with E-state index in [0.717, 1.165) is 12.1 Å². The SMILES string of the molecule is [2H]C([2H])([2H])C([2H])([2H])C([2H])([2H])c1cc(B(O)O)cc(C#N)n1. The summed E-state index contributed by atoms with van der Waals surface area (Å²) in [6.45, 7) is -3.28. The number of aromatic nitrogens is 1. The van der Waals surface area contributed by atoms with Gasteiger partial charge in [0, 0.05) is 15.3 Å². The lowest BCUT2D eigenvalue weighted by molar-refractivity contribution is 0.425. The zero-order valence-electron chi connectivity index (χ0n) is 14.0. The third-order valence-electron chi connectivity index (χ3n) is 1.45.